The van der Waals surface area contributed by atoms with Crippen LogP contribution in [0.1, 0.15) is 27.7 Å². The van der Waals surface area contributed by atoms with Crippen LogP contribution in [-0.4, -0.2) is 34.2 Å². The quantitative estimate of drug-likeness (QED) is 0.188. The fraction of sp³-hybridized carbons (Fsp3) is 0.333. The Bertz CT molecular complexity index is 1080. The van der Waals surface area contributed by atoms with E-state index >= 15 is 0 Å². The van der Waals surface area contributed by atoms with E-state index in [1.807, 2.05) is 13.8 Å². The van der Waals surface area contributed by atoms with Gasteiger partial charge in [-0.25, -0.2) is 8.42 Å². The third kappa shape index (κ3) is 8.29. The molecule has 192 valence electrons. The molecule has 2 aromatic carbocycles. The van der Waals surface area contributed by atoms with E-state index in [0.29, 0.717) is 0 Å². The molecule has 0 amide bonds. The molecule has 2 aromatic rings. The molecule has 0 aliphatic heterocycles. The lowest BCUT2D eigenvalue weighted by Gasteiger charge is -2.19. The van der Waals surface area contributed by atoms with E-state index in [9.17, 15) is 8.42 Å². The number of halogens is 4. The van der Waals surface area contributed by atoms with Crippen molar-refractivity contribution in [3.8, 4) is 11.5 Å². The highest BCUT2D eigenvalue weighted by Gasteiger charge is 2.25. The van der Waals surface area contributed by atoms with E-state index in [0.717, 1.165) is 11.1 Å². The topological polar surface area (TPSA) is 71.1 Å². The van der Waals surface area contributed by atoms with Crippen LogP contribution in [0.15, 0.2) is 58.4 Å². The van der Waals surface area contributed by atoms with Gasteiger partial charge in [0.2, 0.25) is 9.84 Å². The molecule has 11 heteroatoms. The molecule has 2 rings (SSSR count). The molecule has 0 spiro atoms. The van der Waals surface area contributed by atoms with Crippen molar-refractivity contribution in [1.29, 1.82) is 0 Å². The van der Waals surface area contributed by atoms with E-state index in [1.54, 1.807) is 13.8 Å². The molecule has 35 heavy (non-hydrogen) atoms. The van der Waals surface area contributed by atoms with E-state index in [1.165, 1.54) is 24.3 Å². The average molecular weight is 584 g/mol. The van der Waals surface area contributed by atoms with Gasteiger partial charge in [0.25, 0.3) is 0 Å². The van der Waals surface area contributed by atoms with Gasteiger partial charge in [-0.15, -0.1) is 0 Å². The van der Waals surface area contributed by atoms with Gasteiger partial charge in [-0.2, -0.15) is 0 Å². The summed E-state index contributed by atoms with van der Waals surface area (Å²) in [7, 11) is -4.10. The molecule has 0 radical (unpaired) electrons. The molecule has 0 aromatic heterocycles. The molecule has 2 atom stereocenters. The van der Waals surface area contributed by atoms with Gasteiger partial charge in [-0.3, -0.25) is 0 Å². The molecular formula is C24H26Cl4O6S. The largest absolute Gasteiger partial charge is 0.462 e. The zero-order valence-electron chi connectivity index (χ0n) is 19.7. The lowest BCUT2D eigenvalue weighted by Crippen LogP contribution is -2.18. The Kier molecular flexibility index (Phi) is 10.8. The van der Waals surface area contributed by atoms with Crippen LogP contribution in [0.5, 0.6) is 11.5 Å². The van der Waals surface area contributed by atoms with E-state index in [2.05, 4.69) is 13.2 Å². The summed E-state index contributed by atoms with van der Waals surface area (Å²) in [5.41, 5.74) is 1.61. The van der Waals surface area contributed by atoms with Crippen LogP contribution < -0.4 is 9.47 Å². The Morgan fingerprint density at radius 3 is 1.29 bits per heavy atom. The van der Waals surface area contributed by atoms with Crippen LogP contribution in [0.2, 0.25) is 20.1 Å². The van der Waals surface area contributed by atoms with Crippen molar-refractivity contribution in [2.45, 2.75) is 50.1 Å². The minimum Gasteiger partial charge on any atom is -0.462 e. The highest BCUT2D eigenvalue weighted by molar-refractivity contribution is 7.91. The average Bonchev–Trinajstić information content (AvgIpc) is 2.75. The van der Waals surface area contributed by atoms with Crippen LogP contribution in [0.25, 0.3) is 0 Å². The SMILES string of the molecule is C=C(C)COC(C)Oc1c(Cl)cc(S(=O)(=O)c2cc(Cl)c(OC(C)OCC(=C)C)c(Cl)c2)cc1Cl. The first-order valence-corrected chi connectivity index (χ1v) is 13.3. The zero-order valence-corrected chi connectivity index (χ0v) is 23.5. The first-order chi connectivity index (χ1) is 16.2. The van der Waals surface area contributed by atoms with Crippen LogP contribution in [-0.2, 0) is 19.3 Å². The number of rotatable bonds is 12. The maximum Gasteiger partial charge on any atom is 0.206 e. The molecule has 0 N–H and O–H groups in total. The third-order valence-electron chi connectivity index (χ3n) is 4.26. The molecular weight excluding hydrogens is 558 g/mol. The zero-order chi connectivity index (χ0) is 26.5. The molecule has 2 unspecified atom stereocenters. The molecule has 0 fully saturated rings. The second-order valence-electron chi connectivity index (χ2n) is 7.84. The summed E-state index contributed by atoms with van der Waals surface area (Å²) in [6.07, 6.45) is -1.40. The Labute approximate surface area is 226 Å². The highest BCUT2D eigenvalue weighted by Crippen LogP contribution is 2.41. The minimum atomic E-state index is -4.10. The smallest absolute Gasteiger partial charge is 0.206 e. The van der Waals surface area contributed by atoms with Crippen molar-refractivity contribution in [1.82, 2.24) is 0 Å². The number of hydrogen-bond acceptors (Lipinski definition) is 6. The Balaban J connectivity index is 2.31. The summed E-state index contributed by atoms with van der Waals surface area (Å²) in [6, 6.07) is 4.90. The van der Waals surface area contributed by atoms with Gasteiger partial charge in [0, 0.05) is 0 Å². The summed E-state index contributed by atoms with van der Waals surface area (Å²) < 4.78 is 48.7. The summed E-state index contributed by atoms with van der Waals surface area (Å²) in [5.74, 6) is 0.176. The third-order valence-corrected chi connectivity index (χ3v) is 7.10. The second-order valence-corrected chi connectivity index (χ2v) is 11.4. The summed E-state index contributed by atoms with van der Waals surface area (Å²) in [4.78, 5) is -0.344. The lowest BCUT2D eigenvalue weighted by atomic mass is 10.3. The van der Waals surface area contributed by atoms with E-state index in [4.69, 9.17) is 65.4 Å². The first kappa shape index (κ1) is 29.8. The summed E-state index contributed by atoms with van der Waals surface area (Å²) >= 11 is 25.2. The molecule has 0 bridgehead atoms. The van der Waals surface area contributed by atoms with E-state index < -0.39 is 22.4 Å². The van der Waals surface area contributed by atoms with Crippen molar-refractivity contribution >= 4 is 56.2 Å². The van der Waals surface area contributed by atoms with Gasteiger partial charge in [0.1, 0.15) is 0 Å². The normalized spacial score (nSPS) is 13.3. The summed E-state index contributed by atoms with van der Waals surface area (Å²) in [6.45, 7) is 15.0. The van der Waals surface area contributed by atoms with Gasteiger partial charge in [0.05, 0.1) is 43.1 Å². The molecule has 0 aliphatic rings. The van der Waals surface area contributed by atoms with Crippen molar-refractivity contribution in [2.24, 2.45) is 0 Å². The molecule has 6 nitrogen and oxygen atoms in total. The first-order valence-electron chi connectivity index (χ1n) is 10.3. The van der Waals surface area contributed by atoms with Crippen molar-refractivity contribution < 1.29 is 27.4 Å². The Morgan fingerprint density at radius 1 is 0.743 bits per heavy atom. The van der Waals surface area contributed by atoms with E-state index in [-0.39, 0.29) is 54.6 Å². The van der Waals surface area contributed by atoms with Crippen LogP contribution >= 0.6 is 46.4 Å². The summed E-state index contributed by atoms with van der Waals surface area (Å²) in [5, 5.41) is -0.0464. The fourth-order valence-electron chi connectivity index (χ4n) is 2.66. The van der Waals surface area contributed by atoms with Crippen molar-refractivity contribution in [3.05, 3.63) is 68.7 Å². The monoisotopic (exact) mass is 582 g/mol. The molecule has 0 saturated carbocycles. The van der Waals surface area contributed by atoms with Crippen LogP contribution in [0.4, 0.5) is 0 Å². The lowest BCUT2D eigenvalue weighted by molar-refractivity contribution is -0.0574. The second kappa shape index (κ2) is 12.7. The van der Waals surface area contributed by atoms with Gasteiger partial charge >= 0.3 is 0 Å². The predicted molar refractivity (Wildman–Crippen MR) is 140 cm³/mol. The highest BCUT2D eigenvalue weighted by atomic mass is 35.5. The molecule has 0 saturated heterocycles. The van der Waals surface area contributed by atoms with Crippen LogP contribution in [0, 0.1) is 0 Å². The molecule has 0 heterocycles. The maximum absolute atomic E-state index is 13.3. The van der Waals surface area contributed by atoms with Crippen molar-refractivity contribution in [2.75, 3.05) is 13.2 Å². The maximum atomic E-state index is 13.3. The number of sulfone groups is 1. The molecule has 0 aliphatic carbocycles. The minimum absolute atomic E-state index is 0.0116. The van der Waals surface area contributed by atoms with Gasteiger partial charge in [-0.1, -0.05) is 70.7 Å². The number of benzene rings is 2. The van der Waals surface area contributed by atoms with Gasteiger partial charge < -0.3 is 18.9 Å². The standard InChI is InChI=1S/C24H26Cl4O6S/c1-13(2)11-31-15(5)33-23-19(25)7-17(8-20(23)26)35(29,30)18-9-21(27)24(22(28)10-18)34-16(6)32-12-14(3)4/h7-10,15-16H,1,3,11-12H2,2,4-6H3. The number of ether oxygens (including phenoxy) is 4. The Hall–Kier alpha value is -1.45. The Morgan fingerprint density at radius 2 is 1.03 bits per heavy atom. The fourth-order valence-corrected chi connectivity index (χ4v) is 5.44. The number of hydrogen-bond donors (Lipinski definition) is 0. The van der Waals surface area contributed by atoms with Gasteiger partial charge in [0.15, 0.2) is 24.1 Å². The predicted octanol–water partition coefficient (Wildman–Crippen LogP) is 7.77. The van der Waals surface area contributed by atoms with Crippen LogP contribution in [0.3, 0.4) is 0 Å². The van der Waals surface area contributed by atoms with Gasteiger partial charge in [-0.05, 0) is 52.0 Å². The van der Waals surface area contributed by atoms with Crippen molar-refractivity contribution in [3.63, 3.8) is 0 Å².